The Kier molecular flexibility index (Phi) is 3.38. The predicted octanol–water partition coefficient (Wildman–Crippen LogP) is 3.87. The van der Waals surface area contributed by atoms with Crippen LogP contribution in [0.1, 0.15) is 31.7 Å². The highest BCUT2D eigenvalue weighted by atomic mass is 35.5. The number of fused-ring (bicyclic) bond motifs is 1. The van der Waals surface area contributed by atoms with E-state index in [9.17, 15) is 0 Å². The lowest BCUT2D eigenvalue weighted by Gasteiger charge is -2.49. The van der Waals surface area contributed by atoms with Crippen LogP contribution in [0, 0.1) is 5.41 Å². The molecule has 98 valence electrons. The van der Waals surface area contributed by atoms with Gasteiger partial charge in [0.2, 0.25) is 0 Å². The lowest BCUT2D eigenvalue weighted by atomic mass is 9.66. The Morgan fingerprint density at radius 1 is 1.39 bits per heavy atom. The molecule has 1 aliphatic carbocycles. The Balaban J connectivity index is 1.60. The summed E-state index contributed by atoms with van der Waals surface area (Å²) in [7, 11) is 0. The first kappa shape index (κ1) is 12.8. The summed E-state index contributed by atoms with van der Waals surface area (Å²) in [6, 6.07) is 9.38. The number of benzene rings is 1. The van der Waals surface area contributed by atoms with Crippen molar-refractivity contribution in [2.45, 2.75) is 42.5 Å². The number of nitrogens with one attached hydrogen (secondary N) is 1. The van der Waals surface area contributed by atoms with Crippen LogP contribution in [0.3, 0.4) is 0 Å². The Morgan fingerprint density at radius 2 is 2.17 bits per heavy atom. The van der Waals surface area contributed by atoms with Crippen molar-refractivity contribution in [3.05, 3.63) is 29.8 Å². The first-order valence-corrected chi connectivity index (χ1v) is 8.10. The van der Waals surface area contributed by atoms with E-state index in [0.29, 0.717) is 17.3 Å². The maximum Gasteiger partial charge on any atom is 0.0416 e. The van der Waals surface area contributed by atoms with Crippen molar-refractivity contribution in [2.75, 3.05) is 12.3 Å². The minimum absolute atomic E-state index is 0.243. The van der Waals surface area contributed by atoms with E-state index >= 15 is 0 Å². The van der Waals surface area contributed by atoms with E-state index in [4.69, 9.17) is 11.6 Å². The van der Waals surface area contributed by atoms with Crippen LogP contribution in [0.2, 0.25) is 0 Å². The molecule has 0 bridgehead atoms. The van der Waals surface area contributed by atoms with Gasteiger partial charge in [0.15, 0.2) is 0 Å². The second-order valence-electron chi connectivity index (χ2n) is 6.03. The molecule has 0 saturated heterocycles. The van der Waals surface area contributed by atoms with Gasteiger partial charge in [0.1, 0.15) is 0 Å². The molecule has 1 heterocycles. The Hall–Kier alpha value is -0.180. The molecule has 3 heteroatoms. The minimum Gasteiger partial charge on any atom is -0.313 e. The molecule has 3 rings (SSSR count). The van der Waals surface area contributed by atoms with E-state index in [2.05, 4.69) is 43.4 Å². The van der Waals surface area contributed by atoms with Crippen LogP contribution in [0.4, 0.5) is 0 Å². The van der Waals surface area contributed by atoms with Crippen LogP contribution in [-0.2, 0) is 0 Å². The average Bonchev–Trinajstić information content (AvgIpc) is 2.78. The van der Waals surface area contributed by atoms with Gasteiger partial charge in [-0.15, -0.1) is 23.4 Å². The summed E-state index contributed by atoms with van der Waals surface area (Å²) in [4.78, 5) is 1.47. The highest BCUT2D eigenvalue weighted by Gasteiger charge is 2.46. The van der Waals surface area contributed by atoms with Crippen molar-refractivity contribution in [1.82, 2.24) is 5.32 Å². The Bertz CT molecular complexity index is 446. The first-order valence-electron chi connectivity index (χ1n) is 6.68. The van der Waals surface area contributed by atoms with E-state index in [1.807, 2.05) is 11.8 Å². The summed E-state index contributed by atoms with van der Waals surface area (Å²) in [5.74, 6) is 1.88. The molecule has 0 spiro atoms. The summed E-state index contributed by atoms with van der Waals surface area (Å²) in [6.45, 7) is 5.62. The van der Waals surface area contributed by atoms with Gasteiger partial charge in [-0.2, -0.15) is 0 Å². The van der Waals surface area contributed by atoms with E-state index in [-0.39, 0.29) is 5.41 Å². The molecule has 1 nitrogen and oxygen atoms in total. The molecule has 3 atom stereocenters. The number of thioether (sulfide) groups is 1. The Labute approximate surface area is 119 Å². The Morgan fingerprint density at radius 3 is 2.89 bits per heavy atom. The van der Waals surface area contributed by atoms with Gasteiger partial charge >= 0.3 is 0 Å². The van der Waals surface area contributed by atoms with Crippen molar-refractivity contribution in [1.29, 1.82) is 0 Å². The normalized spacial score (nSPS) is 32.9. The quantitative estimate of drug-likeness (QED) is 0.844. The van der Waals surface area contributed by atoms with Gasteiger partial charge in [0, 0.05) is 34.5 Å². The number of hydrogen-bond acceptors (Lipinski definition) is 2. The third-order valence-electron chi connectivity index (χ3n) is 4.56. The average molecular weight is 282 g/mol. The molecule has 3 unspecified atom stereocenters. The summed E-state index contributed by atoms with van der Waals surface area (Å²) >= 11 is 8.26. The highest BCUT2D eigenvalue weighted by Crippen LogP contribution is 2.45. The molecular formula is C15H20ClNS. The molecular weight excluding hydrogens is 262 g/mol. The van der Waals surface area contributed by atoms with E-state index in [1.54, 1.807) is 0 Å². The number of alkyl halides is 1. The third kappa shape index (κ3) is 2.09. The molecule has 2 aliphatic rings. The fraction of sp³-hybridized carbons (Fsp3) is 0.600. The van der Waals surface area contributed by atoms with Crippen LogP contribution in [-0.4, -0.2) is 23.7 Å². The zero-order chi connectivity index (χ0) is 12.8. The lowest BCUT2D eigenvalue weighted by Crippen LogP contribution is -2.58. The van der Waals surface area contributed by atoms with Gasteiger partial charge in [-0.1, -0.05) is 32.0 Å². The molecule has 1 fully saturated rings. The van der Waals surface area contributed by atoms with Crippen molar-refractivity contribution in [2.24, 2.45) is 5.41 Å². The second-order valence-corrected chi connectivity index (χ2v) is 7.62. The zero-order valence-corrected chi connectivity index (χ0v) is 12.5. The maximum atomic E-state index is 6.27. The van der Waals surface area contributed by atoms with Crippen LogP contribution >= 0.6 is 23.4 Å². The fourth-order valence-electron chi connectivity index (χ4n) is 2.90. The van der Waals surface area contributed by atoms with Crippen LogP contribution in [0.25, 0.3) is 0 Å². The van der Waals surface area contributed by atoms with Gasteiger partial charge in [0.25, 0.3) is 0 Å². The van der Waals surface area contributed by atoms with E-state index in [0.717, 1.165) is 13.0 Å². The van der Waals surface area contributed by atoms with Gasteiger partial charge in [-0.05, 0) is 23.5 Å². The maximum absolute atomic E-state index is 6.27. The summed E-state index contributed by atoms with van der Waals surface area (Å²) in [5.41, 5.74) is 1.77. The van der Waals surface area contributed by atoms with Crippen molar-refractivity contribution >= 4 is 23.4 Å². The molecule has 0 aromatic heterocycles. The summed E-state index contributed by atoms with van der Waals surface area (Å²) in [6.07, 6.45) is 1.11. The predicted molar refractivity (Wildman–Crippen MR) is 79.7 cm³/mol. The van der Waals surface area contributed by atoms with Gasteiger partial charge in [-0.25, -0.2) is 0 Å². The molecule has 0 amide bonds. The van der Waals surface area contributed by atoms with Crippen molar-refractivity contribution < 1.29 is 0 Å². The van der Waals surface area contributed by atoms with Crippen molar-refractivity contribution in [3.63, 3.8) is 0 Å². The lowest BCUT2D eigenvalue weighted by molar-refractivity contribution is 0.116. The molecule has 0 radical (unpaired) electrons. The summed E-state index contributed by atoms with van der Waals surface area (Å²) in [5, 5.41) is 4.06. The topological polar surface area (TPSA) is 12.0 Å². The molecule has 1 saturated carbocycles. The summed E-state index contributed by atoms with van der Waals surface area (Å²) < 4.78 is 0. The fourth-order valence-corrected chi connectivity index (χ4v) is 4.49. The largest absolute Gasteiger partial charge is 0.313 e. The van der Waals surface area contributed by atoms with Gasteiger partial charge < -0.3 is 5.32 Å². The highest BCUT2D eigenvalue weighted by molar-refractivity contribution is 7.99. The molecule has 1 aliphatic heterocycles. The monoisotopic (exact) mass is 281 g/mol. The standard InChI is InChI=1S/C15H20ClNS/c1-15(2)13(16)7-14(15)17-8-10-9-18-12-6-4-3-5-11(10)12/h3-6,10,13-14,17H,7-9H2,1-2H3. The molecule has 1 aromatic carbocycles. The SMILES string of the molecule is CC1(C)C(Cl)CC1NCC1CSc2ccccc21. The number of halogens is 1. The minimum atomic E-state index is 0.243. The second kappa shape index (κ2) is 4.73. The van der Waals surface area contributed by atoms with Crippen LogP contribution in [0.5, 0.6) is 0 Å². The number of hydrogen-bond donors (Lipinski definition) is 1. The van der Waals surface area contributed by atoms with Crippen LogP contribution in [0.15, 0.2) is 29.2 Å². The van der Waals surface area contributed by atoms with Crippen molar-refractivity contribution in [3.8, 4) is 0 Å². The van der Waals surface area contributed by atoms with E-state index in [1.165, 1.54) is 16.2 Å². The zero-order valence-electron chi connectivity index (χ0n) is 10.9. The first-order chi connectivity index (χ1) is 8.59. The van der Waals surface area contributed by atoms with E-state index < -0.39 is 0 Å². The van der Waals surface area contributed by atoms with Crippen LogP contribution < -0.4 is 5.32 Å². The third-order valence-corrected chi connectivity index (χ3v) is 6.55. The molecule has 18 heavy (non-hydrogen) atoms. The van der Waals surface area contributed by atoms with Gasteiger partial charge in [0.05, 0.1) is 0 Å². The smallest absolute Gasteiger partial charge is 0.0416 e. The van der Waals surface area contributed by atoms with Gasteiger partial charge in [-0.3, -0.25) is 0 Å². The number of rotatable bonds is 3. The molecule has 1 aromatic rings. The molecule has 1 N–H and O–H groups in total.